The van der Waals surface area contributed by atoms with E-state index in [1.807, 2.05) is 4.90 Å². The van der Waals surface area contributed by atoms with Crippen molar-refractivity contribution in [2.45, 2.75) is 19.1 Å². The molecule has 0 bridgehead atoms. The van der Waals surface area contributed by atoms with Crippen LogP contribution in [0.3, 0.4) is 0 Å². The van der Waals surface area contributed by atoms with Gasteiger partial charge in [0.05, 0.1) is 17.9 Å². The molecule has 1 aliphatic rings. The molecule has 2 heterocycles. The fourth-order valence-corrected chi connectivity index (χ4v) is 1.54. The average Bonchev–Trinajstić information content (AvgIpc) is 2.14. The first-order valence-corrected chi connectivity index (χ1v) is 4.51. The van der Waals surface area contributed by atoms with Gasteiger partial charge < -0.3 is 15.1 Å². The van der Waals surface area contributed by atoms with E-state index in [-0.39, 0.29) is 6.61 Å². The van der Waals surface area contributed by atoms with Crippen molar-refractivity contribution in [2.75, 3.05) is 18.0 Å². The molecule has 14 heavy (non-hydrogen) atoms. The smallest absolute Gasteiger partial charge is 0.151 e. The minimum absolute atomic E-state index is 0.0923. The van der Waals surface area contributed by atoms with Crippen LogP contribution in [0.5, 0.6) is 0 Å². The van der Waals surface area contributed by atoms with Crippen LogP contribution >= 0.6 is 0 Å². The molecule has 2 N–H and O–H groups in total. The number of anilines is 1. The molecule has 0 saturated carbocycles. The summed E-state index contributed by atoms with van der Waals surface area (Å²) in [6.07, 6.45) is 0. The lowest BCUT2D eigenvalue weighted by Gasteiger charge is -2.44. The summed E-state index contributed by atoms with van der Waals surface area (Å²) < 4.78 is 0. The topological polar surface area (TPSA) is 69.5 Å². The first-order valence-electron chi connectivity index (χ1n) is 4.51. The van der Waals surface area contributed by atoms with Gasteiger partial charge in [-0.05, 0) is 19.1 Å². The molecule has 2 rings (SSSR count). The van der Waals surface area contributed by atoms with Crippen LogP contribution in [0.1, 0.15) is 12.6 Å². The number of hydrogen-bond acceptors (Lipinski definition) is 5. The average molecular weight is 195 g/mol. The van der Waals surface area contributed by atoms with Gasteiger partial charge in [-0.1, -0.05) is 0 Å². The third-order valence-electron chi connectivity index (χ3n) is 2.25. The Balaban J connectivity index is 2.05. The third-order valence-corrected chi connectivity index (χ3v) is 2.25. The van der Waals surface area contributed by atoms with Crippen LogP contribution in [-0.2, 0) is 6.61 Å². The molecule has 1 saturated heterocycles. The van der Waals surface area contributed by atoms with Crippen LogP contribution in [-0.4, -0.2) is 39.1 Å². The van der Waals surface area contributed by atoms with Gasteiger partial charge >= 0.3 is 0 Å². The van der Waals surface area contributed by atoms with Crippen molar-refractivity contribution in [3.8, 4) is 0 Å². The molecule has 5 heteroatoms. The van der Waals surface area contributed by atoms with E-state index in [0.717, 1.165) is 5.82 Å². The minimum atomic E-state index is -0.600. The lowest BCUT2D eigenvalue weighted by atomic mass is 9.97. The highest BCUT2D eigenvalue weighted by atomic mass is 16.3. The van der Waals surface area contributed by atoms with Gasteiger partial charge in [-0.15, -0.1) is 5.10 Å². The Morgan fingerprint density at radius 3 is 2.57 bits per heavy atom. The summed E-state index contributed by atoms with van der Waals surface area (Å²) in [6, 6.07) is 3.53. The molecule has 0 amide bonds. The van der Waals surface area contributed by atoms with Crippen LogP contribution < -0.4 is 4.90 Å². The predicted octanol–water partition coefficient (Wildman–Crippen LogP) is -0.460. The molecule has 1 aromatic heterocycles. The summed E-state index contributed by atoms with van der Waals surface area (Å²) >= 11 is 0. The summed E-state index contributed by atoms with van der Waals surface area (Å²) in [6.45, 7) is 2.87. The van der Waals surface area contributed by atoms with E-state index < -0.39 is 5.60 Å². The van der Waals surface area contributed by atoms with Gasteiger partial charge in [-0.25, -0.2) is 0 Å². The lowest BCUT2D eigenvalue weighted by molar-refractivity contribution is 0.0304. The van der Waals surface area contributed by atoms with Crippen LogP contribution in [0.4, 0.5) is 5.82 Å². The van der Waals surface area contributed by atoms with Crippen molar-refractivity contribution >= 4 is 5.82 Å². The number of hydrogen-bond donors (Lipinski definition) is 2. The number of aromatic nitrogens is 2. The third kappa shape index (κ3) is 1.69. The predicted molar refractivity (Wildman–Crippen MR) is 50.8 cm³/mol. The lowest BCUT2D eigenvalue weighted by Crippen LogP contribution is -2.60. The standard InChI is InChI=1S/C9H13N3O2/c1-9(14)5-12(6-9)8-3-2-7(4-13)10-11-8/h2-3,13-14H,4-6H2,1H3. The van der Waals surface area contributed by atoms with Crippen molar-refractivity contribution in [3.63, 3.8) is 0 Å². The fraction of sp³-hybridized carbons (Fsp3) is 0.556. The zero-order valence-electron chi connectivity index (χ0n) is 8.01. The van der Waals surface area contributed by atoms with Crippen LogP contribution in [0, 0.1) is 0 Å². The summed E-state index contributed by atoms with van der Waals surface area (Å²) in [5.41, 5.74) is -0.0434. The first kappa shape index (κ1) is 9.36. The summed E-state index contributed by atoms with van der Waals surface area (Å²) in [5.74, 6) is 0.744. The van der Waals surface area contributed by atoms with Gasteiger partial charge in [0, 0.05) is 13.1 Å². The normalized spacial score (nSPS) is 19.2. The van der Waals surface area contributed by atoms with Crippen molar-refractivity contribution in [1.29, 1.82) is 0 Å². The first-order chi connectivity index (χ1) is 6.61. The zero-order chi connectivity index (χ0) is 10.2. The molecular weight excluding hydrogens is 182 g/mol. The molecular formula is C9H13N3O2. The van der Waals surface area contributed by atoms with Crippen molar-refractivity contribution in [3.05, 3.63) is 17.8 Å². The van der Waals surface area contributed by atoms with Crippen molar-refractivity contribution in [2.24, 2.45) is 0 Å². The Bertz CT molecular complexity index is 315. The Labute approximate surface area is 82.0 Å². The Morgan fingerprint density at radius 1 is 1.43 bits per heavy atom. The quantitative estimate of drug-likeness (QED) is 0.668. The molecule has 0 radical (unpaired) electrons. The van der Waals surface area contributed by atoms with Crippen LogP contribution in [0.25, 0.3) is 0 Å². The van der Waals surface area contributed by atoms with Crippen LogP contribution in [0.2, 0.25) is 0 Å². The maximum atomic E-state index is 9.52. The molecule has 0 aliphatic carbocycles. The Morgan fingerprint density at radius 2 is 2.14 bits per heavy atom. The van der Waals surface area contributed by atoms with E-state index in [9.17, 15) is 5.11 Å². The molecule has 1 aromatic rings. The van der Waals surface area contributed by atoms with Crippen molar-refractivity contribution < 1.29 is 10.2 Å². The largest absolute Gasteiger partial charge is 0.390 e. The van der Waals surface area contributed by atoms with Gasteiger partial charge in [0.25, 0.3) is 0 Å². The molecule has 76 valence electrons. The molecule has 0 aromatic carbocycles. The van der Waals surface area contributed by atoms with E-state index >= 15 is 0 Å². The van der Waals surface area contributed by atoms with Gasteiger partial charge in [0.15, 0.2) is 5.82 Å². The zero-order valence-corrected chi connectivity index (χ0v) is 8.01. The van der Waals surface area contributed by atoms with Crippen LogP contribution in [0.15, 0.2) is 12.1 Å². The second kappa shape index (κ2) is 3.18. The van der Waals surface area contributed by atoms with E-state index in [4.69, 9.17) is 5.11 Å². The minimum Gasteiger partial charge on any atom is -0.390 e. The number of aliphatic hydroxyl groups excluding tert-OH is 1. The maximum absolute atomic E-state index is 9.52. The maximum Gasteiger partial charge on any atom is 0.151 e. The fourth-order valence-electron chi connectivity index (χ4n) is 1.54. The second-order valence-electron chi connectivity index (χ2n) is 3.89. The summed E-state index contributed by atoms with van der Waals surface area (Å²) in [5, 5.41) is 26.0. The van der Waals surface area contributed by atoms with Gasteiger partial charge in [-0.3, -0.25) is 0 Å². The molecule has 5 nitrogen and oxygen atoms in total. The monoisotopic (exact) mass is 195 g/mol. The number of aliphatic hydroxyl groups is 2. The van der Waals surface area contributed by atoms with Gasteiger partial charge in [-0.2, -0.15) is 5.10 Å². The second-order valence-corrected chi connectivity index (χ2v) is 3.89. The summed E-state index contributed by atoms with van der Waals surface area (Å²) in [7, 11) is 0. The van der Waals surface area contributed by atoms with E-state index in [0.29, 0.717) is 18.8 Å². The van der Waals surface area contributed by atoms with Gasteiger partial charge in [0.2, 0.25) is 0 Å². The molecule has 0 atom stereocenters. The highest BCUT2D eigenvalue weighted by Crippen LogP contribution is 2.24. The van der Waals surface area contributed by atoms with Gasteiger partial charge in [0.1, 0.15) is 0 Å². The Kier molecular flexibility index (Phi) is 2.13. The molecule has 0 unspecified atom stereocenters. The van der Waals surface area contributed by atoms with E-state index in [1.54, 1.807) is 19.1 Å². The van der Waals surface area contributed by atoms with Crippen molar-refractivity contribution in [1.82, 2.24) is 10.2 Å². The summed E-state index contributed by atoms with van der Waals surface area (Å²) in [4.78, 5) is 1.94. The SMILES string of the molecule is CC1(O)CN(c2ccc(CO)nn2)C1. The Hall–Kier alpha value is -1.20. The molecule has 1 aliphatic heterocycles. The number of β-amino-alcohol motifs (C(OH)–C–C–N with tert-alkyl or cyclic N) is 1. The number of rotatable bonds is 2. The molecule has 1 fully saturated rings. The number of nitrogens with zero attached hydrogens (tertiary/aromatic N) is 3. The van der Waals surface area contributed by atoms with E-state index in [1.165, 1.54) is 0 Å². The van der Waals surface area contributed by atoms with E-state index in [2.05, 4.69) is 10.2 Å². The highest BCUT2D eigenvalue weighted by Gasteiger charge is 2.37. The molecule has 0 spiro atoms. The highest BCUT2D eigenvalue weighted by molar-refractivity contribution is 5.42.